The van der Waals surface area contributed by atoms with Crippen molar-refractivity contribution in [2.24, 2.45) is 5.92 Å². The van der Waals surface area contributed by atoms with Crippen LogP contribution in [-0.2, 0) is 36.8 Å². The minimum absolute atomic E-state index is 0.124. The summed E-state index contributed by atoms with van der Waals surface area (Å²) in [7, 11) is -1.28. The molecule has 4 heterocycles. The van der Waals surface area contributed by atoms with Gasteiger partial charge in [0.05, 0.1) is 29.1 Å². The number of hydrogen-bond acceptors (Lipinski definition) is 10. The first kappa shape index (κ1) is 46.5. The number of rotatable bonds is 16. The lowest BCUT2D eigenvalue weighted by molar-refractivity contribution is -0.160. The van der Waals surface area contributed by atoms with Gasteiger partial charge < -0.3 is 38.1 Å². The molecule has 2 amide bonds. The minimum Gasteiger partial charge on any atom is -0.444 e. The van der Waals surface area contributed by atoms with Gasteiger partial charge in [-0.15, -0.1) is 0 Å². The zero-order valence-electron chi connectivity index (χ0n) is 37.9. The highest BCUT2D eigenvalue weighted by Crippen LogP contribution is 2.49. The molecule has 4 atom stereocenters. The van der Waals surface area contributed by atoms with Crippen LogP contribution in [0.1, 0.15) is 79.8 Å². The molecule has 334 valence electrons. The second kappa shape index (κ2) is 18.8. The van der Waals surface area contributed by atoms with Gasteiger partial charge in [0.25, 0.3) is 0 Å². The number of carbonyl (C=O) groups excluding carboxylic acids is 2. The smallest absolute Gasteiger partial charge is 0.410 e. The summed E-state index contributed by atoms with van der Waals surface area (Å²) < 4.78 is 35.2. The summed E-state index contributed by atoms with van der Waals surface area (Å²) in [4.78, 5) is 40.1. The third kappa shape index (κ3) is 12.3. The van der Waals surface area contributed by atoms with E-state index in [1.807, 2.05) is 73.6 Å². The Bertz CT molecular complexity index is 2110. The molecule has 6 rings (SSSR count). The van der Waals surface area contributed by atoms with Crippen LogP contribution < -0.4 is 0 Å². The summed E-state index contributed by atoms with van der Waals surface area (Å²) in [5.74, 6) is -0.980. The summed E-state index contributed by atoms with van der Waals surface area (Å²) >= 11 is 6.86. The number of ether oxygens (including phenoxy) is 5. The molecule has 0 bridgehead atoms. The fraction of sp³-hybridized carbons (Fsp3) is 0.622. The lowest BCUT2D eigenvalue weighted by atomic mass is 10.0. The monoisotopic (exact) mass is 879 g/mol. The Balaban J connectivity index is 1.25. The van der Waals surface area contributed by atoms with E-state index in [9.17, 15) is 9.59 Å². The van der Waals surface area contributed by atoms with Crippen molar-refractivity contribution in [2.75, 3.05) is 32.8 Å². The molecule has 61 heavy (non-hydrogen) atoms. The van der Waals surface area contributed by atoms with E-state index < -0.39 is 31.2 Å². The molecule has 1 saturated heterocycles. The van der Waals surface area contributed by atoms with Gasteiger partial charge in [-0.2, -0.15) is 5.10 Å². The summed E-state index contributed by atoms with van der Waals surface area (Å²) in [5.41, 5.74) is 2.06. The Morgan fingerprint density at radius 3 is 2.26 bits per heavy atom. The second-order valence-corrected chi connectivity index (χ2v) is 26.0. The molecule has 0 unspecified atom stereocenters. The molecule has 0 radical (unpaired) electrons. The second-order valence-electron chi connectivity index (χ2n) is 20.0. The van der Waals surface area contributed by atoms with Gasteiger partial charge in [-0.25, -0.2) is 24.2 Å². The number of hydrogen-bond donors (Lipinski definition) is 0. The quantitative estimate of drug-likeness (QED) is 0.0791. The highest BCUT2D eigenvalue weighted by Gasteiger charge is 2.55. The maximum Gasteiger partial charge on any atom is 0.410 e. The van der Waals surface area contributed by atoms with Gasteiger partial charge >= 0.3 is 12.2 Å². The third-order valence-corrected chi connectivity index (χ3v) is 12.8. The van der Waals surface area contributed by atoms with Gasteiger partial charge in [0, 0.05) is 70.1 Å². The van der Waals surface area contributed by atoms with Crippen molar-refractivity contribution in [1.29, 1.82) is 0 Å². The summed E-state index contributed by atoms with van der Waals surface area (Å²) in [6.45, 7) is 24.5. The van der Waals surface area contributed by atoms with E-state index in [1.54, 1.807) is 33.2 Å². The average Bonchev–Trinajstić information content (AvgIpc) is 3.89. The molecule has 0 N–H and O–H groups in total. The maximum absolute atomic E-state index is 14.0. The summed E-state index contributed by atoms with van der Waals surface area (Å²) in [6, 6.07) is 10.9. The molecule has 1 aliphatic heterocycles. The van der Waals surface area contributed by atoms with Crippen molar-refractivity contribution in [1.82, 2.24) is 34.1 Å². The van der Waals surface area contributed by atoms with Gasteiger partial charge in [0.1, 0.15) is 36.0 Å². The lowest BCUT2D eigenvalue weighted by Gasteiger charge is -2.32. The highest BCUT2D eigenvalue weighted by atomic mass is 35.5. The highest BCUT2D eigenvalue weighted by molar-refractivity contribution is 6.76. The van der Waals surface area contributed by atoms with Crippen LogP contribution in [0, 0.1) is 5.92 Å². The maximum atomic E-state index is 14.0. The van der Waals surface area contributed by atoms with Crippen LogP contribution in [-0.4, -0.2) is 116 Å². The van der Waals surface area contributed by atoms with E-state index in [1.165, 1.54) is 0 Å². The molecule has 2 aliphatic rings. The molecule has 1 saturated carbocycles. The van der Waals surface area contributed by atoms with Crippen molar-refractivity contribution >= 4 is 42.9 Å². The Kier molecular flexibility index (Phi) is 14.3. The number of aromatic nitrogens is 5. The van der Waals surface area contributed by atoms with Gasteiger partial charge in [0.15, 0.2) is 5.79 Å². The molecular weight excluding hydrogens is 814 g/mol. The third-order valence-electron chi connectivity index (χ3n) is 10.8. The standard InChI is InChI=1S/C45H66ClN7O7Si/c1-43(2,3)59-41(54)50(21-18-31-16-13-12-14-17-31)19-15-20-51(42(55)60-44(4,5)6)27-32-24-36(39-38(32)57-45(7,8)58-39)52-28-34(33-25-47-29-48-40(33)52)37-35(46)26-49-53(37)30-56-22-23-61(9,10)11/h12-14,16-17,25-26,28-29,32,36,38-39H,15,18-24,27,30H2,1-11H3/t32-,36-,38-,39+/m1/s1. The SMILES string of the molecule is CC(C)(C)OC(=O)N(CCCN(C[C@H]1C[C@@H](n2cc(-c3c(Cl)cnn3COCC[Si](C)(C)C)c3cncnc32)[C@@H]2OC(C)(C)O[C@H]12)C(=O)OC(C)(C)C)CCc1ccccc1. The molecule has 3 aromatic heterocycles. The van der Waals surface area contributed by atoms with Gasteiger partial charge in [0.2, 0.25) is 0 Å². The van der Waals surface area contributed by atoms with Crippen LogP contribution in [0.3, 0.4) is 0 Å². The van der Waals surface area contributed by atoms with Crippen molar-refractivity contribution in [3.05, 3.63) is 65.8 Å². The van der Waals surface area contributed by atoms with Crippen molar-refractivity contribution in [2.45, 2.75) is 142 Å². The van der Waals surface area contributed by atoms with Gasteiger partial charge in [-0.1, -0.05) is 61.6 Å². The van der Waals surface area contributed by atoms with E-state index in [-0.39, 0.29) is 37.0 Å². The van der Waals surface area contributed by atoms with Crippen molar-refractivity contribution in [3.8, 4) is 11.3 Å². The molecule has 0 spiro atoms. The molecule has 14 nitrogen and oxygen atoms in total. The Hall–Kier alpha value is -4.02. The fourth-order valence-electron chi connectivity index (χ4n) is 8.04. The number of fused-ring (bicyclic) bond motifs is 2. The number of benzene rings is 1. The molecule has 16 heteroatoms. The number of halogens is 1. The average molecular weight is 881 g/mol. The Labute approximate surface area is 367 Å². The fourth-order valence-corrected chi connectivity index (χ4v) is 9.04. The first-order valence-electron chi connectivity index (χ1n) is 21.5. The minimum atomic E-state index is -1.28. The largest absolute Gasteiger partial charge is 0.444 e. The van der Waals surface area contributed by atoms with E-state index in [4.69, 9.17) is 40.3 Å². The van der Waals surface area contributed by atoms with Crippen LogP contribution in [0.25, 0.3) is 22.3 Å². The van der Waals surface area contributed by atoms with Crippen molar-refractivity contribution < 1.29 is 33.3 Å². The normalized spacial score (nSPS) is 20.2. The van der Waals surface area contributed by atoms with Crippen LogP contribution in [0.15, 0.2) is 55.2 Å². The van der Waals surface area contributed by atoms with Crippen LogP contribution >= 0.6 is 11.6 Å². The van der Waals surface area contributed by atoms with Crippen LogP contribution in [0.2, 0.25) is 30.7 Å². The molecule has 2 fully saturated rings. The molecular formula is C45H66ClN7O7Si. The molecule has 1 aliphatic carbocycles. The number of amides is 2. The van der Waals surface area contributed by atoms with E-state index in [0.717, 1.165) is 33.9 Å². The Morgan fingerprint density at radius 1 is 0.934 bits per heavy atom. The number of nitrogens with zero attached hydrogens (tertiary/aromatic N) is 7. The number of carbonyl (C=O) groups is 2. The summed E-state index contributed by atoms with van der Waals surface area (Å²) in [6.07, 6.45) is 7.41. The van der Waals surface area contributed by atoms with E-state index >= 15 is 0 Å². The predicted octanol–water partition coefficient (Wildman–Crippen LogP) is 9.45. The van der Waals surface area contributed by atoms with Crippen LogP contribution in [0.4, 0.5) is 9.59 Å². The zero-order valence-corrected chi connectivity index (χ0v) is 39.7. The molecule has 1 aromatic carbocycles. The first-order chi connectivity index (χ1) is 28.6. The zero-order chi connectivity index (χ0) is 44.3. The van der Waals surface area contributed by atoms with Crippen molar-refractivity contribution in [3.63, 3.8) is 0 Å². The van der Waals surface area contributed by atoms with Gasteiger partial charge in [-0.3, -0.25) is 0 Å². The summed E-state index contributed by atoms with van der Waals surface area (Å²) in [5, 5.41) is 5.90. The lowest BCUT2D eigenvalue weighted by Crippen LogP contribution is -2.44. The first-order valence-corrected chi connectivity index (χ1v) is 25.6. The topological polar surface area (TPSA) is 135 Å². The van der Waals surface area contributed by atoms with Crippen LogP contribution in [0.5, 0.6) is 0 Å². The van der Waals surface area contributed by atoms with E-state index in [0.29, 0.717) is 57.1 Å². The molecule has 4 aromatic rings. The van der Waals surface area contributed by atoms with E-state index in [2.05, 4.69) is 52.6 Å². The predicted molar refractivity (Wildman–Crippen MR) is 239 cm³/mol. The Morgan fingerprint density at radius 2 is 1.59 bits per heavy atom. The van der Waals surface area contributed by atoms with Gasteiger partial charge in [-0.05, 0) is 86.3 Å².